The van der Waals surface area contributed by atoms with E-state index in [4.69, 9.17) is 9.47 Å². The zero-order valence-corrected chi connectivity index (χ0v) is 19.0. The number of amides is 1. The number of pyridine rings is 1. The summed E-state index contributed by atoms with van der Waals surface area (Å²) in [5, 5.41) is 3.50. The number of benzene rings is 1. The number of carbonyl (C=O) groups is 1. The number of anilines is 4. The Morgan fingerprint density at radius 1 is 1.09 bits per heavy atom. The molecular formula is C26H32N4O3. The van der Waals surface area contributed by atoms with Crippen molar-refractivity contribution in [3.63, 3.8) is 0 Å². The fraction of sp³-hybridized carbons (Fsp3) is 0.538. The Morgan fingerprint density at radius 2 is 2.00 bits per heavy atom. The molecule has 1 aromatic carbocycles. The molecule has 4 aliphatic rings. The van der Waals surface area contributed by atoms with Crippen molar-refractivity contribution in [2.45, 2.75) is 44.8 Å². The molecule has 33 heavy (non-hydrogen) atoms. The normalized spacial score (nSPS) is 27.0. The number of morpholine rings is 1. The summed E-state index contributed by atoms with van der Waals surface area (Å²) >= 11 is 0. The monoisotopic (exact) mass is 448 g/mol. The van der Waals surface area contributed by atoms with Crippen LogP contribution in [0.3, 0.4) is 0 Å². The van der Waals surface area contributed by atoms with Crippen LogP contribution >= 0.6 is 0 Å². The lowest BCUT2D eigenvalue weighted by atomic mass is 9.75. The molecule has 1 amide bonds. The van der Waals surface area contributed by atoms with Crippen molar-refractivity contribution >= 4 is 28.8 Å². The first kappa shape index (κ1) is 20.9. The molecule has 1 aromatic heterocycles. The molecule has 3 aliphatic heterocycles. The van der Waals surface area contributed by atoms with Gasteiger partial charge in [-0.2, -0.15) is 0 Å². The molecular weight excluding hydrogens is 416 g/mol. The Balaban J connectivity index is 1.34. The summed E-state index contributed by atoms with van der Waals surface area (Å²) < 4.78 is 11.5. The molecule has 3 fully saturated rings. The van der Waals surface area contributed by atoms with E-state index in [9.17, 15) is 4.79 Å². The van der Waals surface area contributed by atoms with Crippen LogP contribution < -0.4 is 15.1 Å². The van der Waals surface area contributed by atoms with Gasteiger partial charge in [0.15, 0.2) is 0 Å². The summed E-state index contributed by atoms with van der Waals surface area (Å²) in [7, 11) is 0. The van der Waals surface area contributed by atoms with Crippen molar-refractivity contribution in [2.24, 2.45) is 11.8 Å². The molecule has 3 atom stereocenters. The van der Waals surface area contributed by atoms with E-state index in [1.54, 1.807) is 6.20 Å². The topological polar surface area (TPSA) is 66.9 Å². The number of fused-ring (bicyclic) bond motifs is 3. The molecule has 6 rings (SSSR count). The Bertz CT molecular complexity index is 1020. The maximum absolute atomic E-state index is 14.0. The first-order valence-electron chi connectivity index (χ1n) is 12.4. The minimum atomic E-state index is 0.0473. The summed E-state index contributed by atoms with van der Waals surface area (Å²) in [6, 6.07) is 10.4. The molecule has 0 spiro atoms. The van der Waals surface area contributed by atoms with Gasteiger partial charge in [-0.05, 0) is 62.3 Å². The second-order valence-corrected chi connectivity index (χ2v) is 9.68. The highest BCUT2D eigenvalue weighted by atomic mass is 16.5. The largest absolute Gasteiger partial charge is 0.378 e. The number of nitrogens with one attached hydrogen (secondary N) is 1. The summed E-state index contributed by atoms with van der Waals surface area (Å²) in [5.74, 6) is 1.63. The Labute approximate surface area is 195 Å². The minimum Gasteiger partial charge on any atom is -0.378 e. The van der Waals surface area contributed by atoms with Gasteiger partial charge in [-0.3, -0.25) is 4.79 Å². The predicted molar refractivity (Wildman–Crippen MR) is 128 cm³/mol. The number of hydrogen-bond acceptors (Lipinski definition) is 6. The van der Waals surface area contributed by atoms with Gasteiger partial charge in [-0.15, -0.1) is 0 Å². The Kier molecular flexibility index (Phi) is 5.68. The van der Waals surface area contributed by atoms with Crippen molar-refractivity contribution in [1.82, 2.24) is 4.98 Å². The molecule has 4 heterocycles. The standard InChI is InChI=1S/C26H32N4O3/c31-26(19-5-8-24-18(15-19)4-2-12-33-24)30-17-20-3-1-9-27-25(20)28-22-7-6-21(16-23(22)30)29-10-13-32-14-11-29/h1,3,6-7,9,16,18-19,24H,2,4-5,8,10-15,17H2,(H,27,28)/t18-,19-,24-/m1/s1. The van der Waals surface area contributed by atoms with Crippen LogP contribution in [0.5, 0.6) is 0 Å². The molecule has 2 aromatic rings. The van der Waals surface area contributed by atoms with Crippen LogP contribution in [0.15, 0.2) is 36.5 Å². The van der Waals surface area contributed by atoms with Crippen LogP contribution in [0, 0.1) is 11.8 Å². The summed E-state index contributed by atoms with van der Waals surface area (Å²) in [5.41, 5.74) is 4.07. The zero-order valence-electron chi connectivity index (χ0n) is 19.0. The lowest BCUT2D eigenvalue weighted by Gasteiger charge is -2.40. The van der Waals surface area contributed by atoms with E-state index in [2.05, 4.69) is 39.5 Å². The van der Waals surface area contributed by atoms with Crippen molar-refractivity contribution < 1.29 is 14.3 Å². The highest BCUT2D eigenvalue weighted by Crippen LogP contribution is 2.42. The Hall–Kier alpha value is -2.64. The van der Waals surface area contributed by atoms with E-state index in [1.165, 1.54) is 6.42 Å². The van der Waals surface area contributed by atoms with Gasteiger partial charge in [0, 0.05) is 43.1 Å². The summed E-state index contributed by atoms with van der Waals surface area (Å²) in [4.78, 5) is 23.0. The number of hydrogen-bond donors (Lipinski definition) is 1. The molecule has 0 unspecified atom stereocenters. The second kappa shape index (κ2) is 8.95. The number of rotatable bonds is 2. The van der Waals surface area contributed by atoms with Gasteiger partial charge < -0.3 is 24.6 Å². The predicted octanol–water partition coefficient (Wildman–Crippen LogP) is 4.10. The van der Waals surface area contributed by atoms with E-state index in [0.717, 1.165) is 87.0 Å². The molecule has 2 saturated heterocycles. The lowest BCUT2D eigenvalue weighted by molar-refractivity contribution is -0.127. The van der Waals surface area contributed by atoms with Crippen LogP contribution in [0.1, 0.15) is 37.7 Å². The van der Waals surface area contributed by atoms with E-state index < -0.39 is 0 Å². The first-order valence-corrected chi connectivity index (χ1v) is 12.4. The number of ether oxygens (including phenoxy) is 2. The number of carbonyl (C=O) groups excluding carboxylic acids is 1. The second-order valence-electron chi connectivity index (χ2n) is 9.68. The molecule has 1 N–H and O–H groups in total. The van der Waals surface area contributed by atoms with Gasteiger partial charge >= 0.3 is 0 Å². The maximum atomic E-state index is 14.0. The molecule has 7 heteroatoms. The Morgan fingerprint density at radius 3 is 2.91 bits per heavy atom. The van der Waals surface area contributed by atoms with E-state index in [-0.39, 0.29) is 11.8 Å². The van der Waals surface area contributed by atoms with Crippen LogP contribution in [0.25, 0.3) is 0 Å². The van der Waals surface area contributed by atoms with Gasteiger partial charge in [0.2, 0.25) is 5.91 Å². The average molecular weight is 449 g/mol. The average Bonchev–Trinajstić information content (AvgIpc) is 3.05. The highest BCUT2D eigenvalue weighted by Gasteiger charge is 2.38. The van der Waals surface area contributed by atoms with Crippen LogP contribution in [-0.4, -0.2) is 49.9 Å². The van der Waals surface area contributed by atoms with Gasteiger partial charge in [0.25, 0.3) is 0 Å². The fourth-order valence-corrected chi connectivity index (χ4v) is 5.91. The number of aromatic nitrogens is 1. The highest BCUT2D eigenvalue weighted by molar-refractivity contribution is 6.00. The van der Waals surface area contributed by atoms with Crippen molar-refractivity contribution in [1.29, 1.82) is 0 Å². The van der Waals surface area contributed by atoms with E-state index in [0.29, 0.717) is 18.6 Å². The van der Waals surface area contributed by atoms with E-state index >= 15 is 0 Å². The van der Waals surface area contributed by atoms with Crippen molar-refractivity contribution in [3.05, 3.63) is 42.1 Å². The number of nitrogens with zero attached hydrogens (tertiary/aromatic N) is 3. The van der Waals surface area contributed by atoms with E-state index in [1.807, 2.05) is 11.0 Å². The van der Waals surface area contributed by atoms with Crippen LogP contribution in [-0.2, 0) is 20.8 Å². The fourth-order valence-electron chi connectivity index (χ4n) is 5.91. The first-order chi connectivity index (χ1) is 16.3. The summed E-state index contributed by atoms with van der Waals surface area (Å²) in [6.45, 7) is 4.62. The molecule has 1 aliphatic carbocycles. The van der Waals surface area contributed by atoms with Gasteiger partial charge in [-0.1, -0.05) is 6.07 Å². The van der Waals surface area contributed by atoms with Gasteiger partial charge in [0.1, 0.15) is 5.82 Å². The van der Waals surface area contributed by atoms with Crippen molar-refractivity contribution in [2.75, 3.05) is 48.0 Å². The summed E-state index contributed by atoms with van der Waals surface area (Å²) in [6.07, 6.45) is 7.27. The third-order valence-electron chi connectivity index (χ3n) is 7.70. The van der Waals surface area contributed by atoms with Gasteiger partial charge in [0.05, 0.1) is 37.2 Å². The zero-order chi connectivity index (χ0) is 22.2. The third kappa shape index (κ3) is 4.08. The molecule has 0 bridgehead atoms. The minimum absolute atomic E-state index is 0.0473. The van der Waals surface area contributed by atoms with Crippen LogP contribution in [0.2, 0.25) is 0 Å². The maximum Gasteiger partial charge on any atom is 0.230 e. The van der Waals surface area contributed by atoms with Gasteiger partial charge in [-0.25, -0.2) is 4.98 Å². The lowest BCUT2D eigenvalue weighted by Crippen LogP contribution is -2.42. The molecule has 0 radical (unpaired) electrons. The molecule has 7 nitrogen and oxygen atoms in total. The van der Waals surface area contributed by atoms with Crippen LogP contribution in [0.4, 0.5) is 22.9 Å². The SMILES string of the molecule is O=C([C@@H]1CC[C@H]2OCCC[C@@H]2C1)N1Cc2cccnc2Nc2ccc(N3CCOCC3)cc21. The van der Waals surface area contributed by atoms with Crippen molar-refractivity contribution in [3.8, 4) is 0 Å². The molecule has 174 valence electrons. The smallest absolute Gasteiger partial charge is 0.230 e. The molecule has 1 saturated carbocycles. The quantitative estimate of drug-likeness (QED) is 0.746. The third-order valence-corrected chi connectivity index (χ3v) is 7.70.